The summed E-state index contributed by atoms with van der Waals surface area (Å²) in [7, 11) is 0. The molecule has 1 aromatic rings. The lowest BCUT2D eigenvalue weighted by atomic mass is 9.80. The summed E-state index contributed by atoms with van der Waals surface area (Å²) in [5, 5.41) is 0. The topological polar surface area (TPSA) is 63.8 Å². The number of nitrogens with one attached hydrogen (secondary N) is 1. The predicted octanol–water partition coefficient (Wildman–Crippen LogP) is 2.75. The average molecular weight is 234 g/mol. The maximum atomic E-state index is 5.42. The van der Waals surface area contributed by atoms with Crippen molar-refractivity contribution in [2.45, 2.75) is 51.9 Å². The van der Waals surface area contributed by atoms with Gasteiger partial charge >= 0.3 is 0 Å². The first kappa shape index (κ1) is 12.3. The SMILES string of the molecule is CCC1CCC(c2nc(C)cc(NN)n2)CC1. The van der Waals surface area contributed by atoms with Crippen LogP contribution in [0, 0.1) is 12.8 Å². The molecule has 0 radical (unpaired) electrons. The summed E-state index contributed by atoms with van der Waals surface area (Å²) in [6, 6.07) is 1.88. The molecule has 1 aromatic heterocycles. The smallest absolute Gasteiger partial charge is 0.143 e. The van der Waals surface area contributed by atoms with E-state index >= 15 is 0 Å². The Balaban J connectivity index is 2.10. The molecule has 0 unspecified atom stereocenters. The van der Waals surface area contributed by atoms with E-state index in [9.17, 15) is 0 Å². The molecule has 2 rings (SSSR count). The highest BCUT2D eigenvalue weighted by Gasteiger charge is 2.23. The lowest BCUT2D eigenvalue weighted by Gasteiger charge is -2.27. The molecule has 0 aromatic carbocycles. The summed E-state index contributed by atoms with van der Waals surface area (Å²) in [5.74, 6) is 8.54. The quantitative estimate of drug-likeness (QED) is 0.623. The molecule has 1 aliphatic carbocycles. The van der Waals surface area contributed by atoms with Gasteiger partial charge in [0, 0.05) is 17.7 Å². The number of hydrogen-bond acceptors (Lipinski definition) is 4. The summed E-state index contributed by atoms with van der Waals surface area (Å²) in [6.07, 6.45) is 6.35. The summed E-state index contributed by atoms with van der Waals surface area (Å²) < 4.78 is 0. The number of hydrazine groups is 1. The van der Waals surface area contributed by atoms with Crippen molar-refractivity contribution in [2.24, 2.45) is 11.8 Å². The number of hydrogen-bond donors (Lipinski definition) is 2. The average Bonchev–Trinajstić information content (AvgIpc) is 2.38. The first-order valence-corrected chi connectivity index (χ1v) is 6.55. The maximum absolute atomic E-state index is 5.42. The van der Waals surface area contributed by atoms with Gasteiger partial charge in [-0.1, -0.05) is 13.3 Å². The Labute approximate surface area is 103 Å². The Kier molecular flexibility index (Phi) is 3.94. The molecule has 1 heterocycles. The van der Waals surface area contributed by atoms with Gasteiger partial charge in [0.25, 0.3) is 0 Å². The number of nitrogens with zero attached hydrogens (tertiary/aromatic N) is 2. The normalized spacial score (nSPS) is 24.6. The second-order valence-corrected chi connectivity index (χ2v) is 5.02. The van der Waals surface area contributed by atoms with Gasteiger partial charge in [-0.05, 0) is 38.5 Å². The van der Waals surface area contributed by atoms with Gasteiger partial charge in [-0.2, -0.15) is 0 Å². The fourth-order valence-electron chi connectivity index (χ4n) is 2.68. The minimum absolute atomic E-state index is 0.518. The van der Waals surface area contributed by atoms with E-state index in [-0.39, 0.29) is 0 Å². The van der Waals surface area contributed by atoms with E-state index in [1.54, 1.807) is 0 Å². The van der Waals surface area contributed by atoms with Gasteiger partial charge in [0.15, 0.2) is 0 Å². The monoisotopic (exact) mass is 234 g/mol. The van der Waals surface area contributed by atoms with Gasteiger partial charge < -0.3 is 5.43 Å². The van der Waals surface area contributed by atoms with E-state index in [2.05, 4.69) is 22.3 Å². The molecule has 4 heteroatoms. The summed E-state index contributed by atoms with van der Waals surface area (Å²) in [5.41, 5.74) is 3.60. The van der Waals surface area contributed by atoms with Crippen molar-refractivity contribution in [3.05, 3.63) is 17.6 Å². The number of aryl methyl sites for hydroxylation is 1. The van der Waals surface area contributed by atoms with E-state index in [0.29, 0.717) is 5.92 Å². The van der Waals surface area contributed by atoms with Crippen molar-refractivity contribution in [3.8, 4) is 0 Å². The fraction of sp³-hybridized carbons (Fsp3) is 0.692. The van der Waals surface area contributed by atoms with Crippen molar-refractivity contribution >= 4 is 5.82 Å². The standard InChI is InChI=1S/C13H22N4/c1-3-10-4-6-11(7-5-10)13-15-9(2)8-12(16-13)17-14/h8,10-11H,3-7,14H2,1-2H3,(H,15,16,17). The Morgan fingerprint density at radius 1 is 1.29 bits per heavy atom. The largest absolute Gasteiger partial charge is 0.308 e. The zero-order chi connectivity index (χ0) is 12.3. The van der Waals surface area contributed by atoms with Crippen molar-refractivity contribution in [2.75, 3.05) is 5.43 Å². The van der Waals surface area contributed by atoms with Crippen LogP contribution in [0.2, 0.25) is 0 Å². The third-order valence-corrected chi connectivity index (χ3v) is 3.81. The second-order valence-electron chi connectivity index (χ2n) is 5.02. The molecule has 0 bridgehead atoms. The van der Waals surface area contributed by atoms with Gasteiger partial charge in [-0.15, -0.1) is 0 Å². The molecular formula is C13H22N4. The van der Waals surface area contributed by atoms with Crippen LogP contribution in [-0.2, 0) is 0 Å². The zero-order valence-corrected chi connectivity index (χ0v) is 10.7. The number of nitrogen functional groups attached to an aromatic ring is 1. The number of anilines is 1. The third kappa shape index (κ3) is 2.94. The van der Waals surface area contributed by atoms with Crippen LogP contribution < -0.4 is 11.3 Å². The van der Waals surface area contributed by atoms with E-state index in [1.807, 2.05) is 13.0 Å². The maximum Gasteiger partial charge on any atom is 0.143 e. The first-order chi connectivity index (χ1) is 8.22. The van der Waals surface area contributed by atoms with E-state index in [4.69, 9.17) is 5.84 Å². The Hall–Kier alpha value is -1.16. The minimum Gasteiger partial charge on any atom is -0.308 e. The molecule has 1 saturated carbocycles. The van der Waals surface area contributed by atoms with Crippen molar-refractivity contribution in [1.29, 1.82) is 0 Å². The Bertz CT molecular complexity index is 370. The molecular weight excluding hydrogens is 212 g/mol. The molecule has 0 spiro atoms. The molecule has 17 heavy (non-hydrogen) atoms. The summed E-state index contributed by atoms with van der Waals surface area (Å²) in [6.45, 7) is 4.27. The lowest BCUT2D eigenvalue weighted by Crippen LogP contribution is -2.17. The van der Waals surface area contributed by atoms with Crippen molar-refractivity contribution in [3.63, 3.8) is 0 Å². The number of aromatic nitrogens is 2. The Morgan fingerprint density at radius 2 is 2.00 bits per heavy atom. The van der Waals surface area contributed by atoms with Gasteiger partial charge in [-0.25, -0.2) is 15.8 Å². The molecule has 4 nitrogen and oxygen atoms in total. The second kappa shape index (κ2) is 5.45. The van der Waals surface area contributed by atoms with E-state index in [0.717, 1.165) is 23.3 Å². The highest BCUT2D eigenvalue weighted by Crippen LogP contribution is 2.35. The zero-order valence-electron chi connectivity index (χ0n) is 10.7. The first-order valence-electron chi connectivity index (χ1n) is 6.55. The molecule has 1 aliphatic rings. The molecule has 0 amide bonds. The number of rotatable bonds is 3. The van der Waals surface area contributed by atoms with E-state index in [1.165, 1.54) is 32.1 Å². The molecule has 3 N–H and O–H groups in total. The van der Waals surface area contributed by atoms with Crippen LogP contribution in [0.3, 0.4) is 0 Å². The molecule has 94 valence electrons. The number of nitrogens with two attached hydrogens (primary N) is 1. The van der Waals surface area contributed by atoms with Crippen LogP contribution in [-0.4, -0.2) is 9.97 Å². The van der Waals surface area contributed by atoms with Gasteiger partial charge in [0.1, 0.15) is 11.6 Å². The van der Waals surface area contributed by atoms with Crippen LogP contribution in [0.5, 0.6) is 0 Å². The molecule has 0 saturated heterocycles. The predicted molar refractivity (Wildman–Crippen MR) is 69.6 cm³/mol. The van der Waals surface area contributed by atoms with Crippen LogP contribution in [0.15, 0.2) is 6.07 Å². The molecule has 1 fully saturated rings. The lowest BCUT2D eigenvalue weighted by molar-refractivity contribution is 0.312. The summed E-state index contributed by atoms with van der Waals surface area (Å²) in [4.78, 5) is 9.03. The van der Waals surface area contributed by atoms with E-state index < -0.39 is 0 Å². The summed E-state index contributed by atoms with van der Waals surface area (Å²) >= 11 is 0. The van der Waals surface area contributed by atoms with Gasteiger partial charge in [0.05, 0.1) is 0 Å². The fourth-order valence-corrected chi connectivity index (χ4v) is 2.68. The highest BCUT2D eigenvalue weighted by molar-refractivity contribution is 5.34. The van der Waals surface area contributed by atoms with Gasteiger partial charge in [0.2, 0.25) is 0 Å². The Morgan fingerprint density at radius 3 is 2.59 bits per heavy atom. The molecule has 0 atom stereocenters. The van der Waals surface area contributed by atoms with Gasteiger partial charge in [-0.3, -0.25) is 0 Å². The van der Waals surface area contributed by atoms with Crippen molar-refractivity contribution < 1.29 is 0 Å². The van der Waals surface area contributed by atoms with Crippen LogP contribution in [0.1, 0.15) is 56.5 Å². The van der Waals surface area contributed by atoms with Crippen LogP contribution >= 0.6 is 0 Å². The van der Waals surface area contributed by atoms with Crippen LogP contribution in [0.25, 0.3) is 0 Å². The van der Waals surface area contributed by atoms with Crippen LogP contribution in [0.4, 0.5) is 5.82 Å². The third-order valence-electron chi connectivity index (χ3n) is 3.81. The molecule has 0 aliphatic heterocycles. The minimum atomic E-state index is 0.518. The highest BCUT2D eigenvalue weighted by atomic mass is 15.3. The van der Waals surface area contributed by atoms with Crippen molar-refractivity contribution in [1.82, 2.24) is 9.97 Å².